The second-order valence-electron chi connectivity index (χ2n) is 5.61. The summed E-state index contributed by atoms with van der Waals surface area (Å²) in [5, 5.41) is 5.49. The molecule has 0 atom stereocenters. The summed E-state index contributed by atoms with van der Waals surface area (Å²) < 4.78 is 38.6. The van der Waals surface area contributed by atoms with Crippen molar-refractivity contribution in [2.24, 2.45) is 0 Å². The molecule has 2 aromatic heterocycles. The number of alkyl halides is 3. The van der Waals surface area contributed by atoms with E-state index in [1.807, 2.05) is 0 Å². The van der Waals surface area contributed by atoms with Crippen LogP contribution < -0.4 is 10.6 Å². The van der Waals surface area contributed by atoms with E-state index in [-0.39, 0.29) is 23.6 Å². The number of hydrogen-bond donors (Lipinski definition) is 2. The van der Waals surface area contributed by atoms with Gasteiger partial charge in [0.1, 0.15) is 5.82 Å². The first-order valence-corrected chi connectivity index (χ1v) is 8.01. The maximum atomic E-state index is 12.9. The van der Waals surface area contributed by atoms with Crippen molar-refractivity contribution in [3.63, 3.8) is 0 Å². The molecule has 3 aromatic rings. The summed E-state index contributed by atoms with van der Waals surface area (Å²) in [6.45, 7) is 0.220. The van der Waals surface area contributed by atoms with E-state index in [4.69, 9.17) is 0 Å². The van der Waals surface area contributed by atoms with Crippen LogP contribution in [-0.4, -0.2) is 15.9 Å². The van der Waals surface area contributed by atoms with Crippen molar-refractivity contribution in [3.8, 4) is 0 Å². The summed E-state index contributed by atoms with van der Waals surface area (Å²) in [5.74, 6) is -0.251. The zero-order chi connectivity index (χ0) is 19.3. The minimum atomic E-state index is -4.45. The highest BCUT2D eigenvalue weighted by Gasteiger charge is 2.30. The predicted molar refractivity (Wildman–Crippen MR) is 94.4 cm³/mol. The van der Waals surface area contributed by atoms with Gasteiger partial charge in [-0.2, -0.15) is 13.2 Å². The molecule has 5 nitrogen and oxygen atoms in total. The largest absolute Gasteiger partial charge is 0.416 e. The molecule has 0 bridgehead atoms. The van der Waals surface area contributed by atoms with Gasteiger partial charge >= 0.3 is 6.18 Å². The summed E-state index contributed by atoms with van der Waals surface area (Å²) >= 11 is 0. The smallest absolute Gasteiger partial charge is 0.346 e. The molecule has 0 unspecified atom stereocenters. The van der Waals surface area contributed by atoms with Crippen LogP contribution in [0, 0.1) is 0 Å². The van der Waals surface area contributed by atoms with Gasteiger partial charge in [-0.1, -0.05) is 12.1 Å². The van der Waals surface area contributed by atoms with Crippen molar-refractivity contribution in [2.75, 3.05) is 5.32 Å². The lowest BCUT2D eigenvalue weighted by Gasteiger charge is -2.13. The first kappa shape index (κ1) is 18.4. The van der Waals surface area contributed by atoms with E-state index >= 15 is 0 Å². The van der Waals surface area contributed by atoms with Crippen molar-refractivity contribution in [1.82, 2.24) is 15.3 Å². The van der Waals surface area contributed by atoms with Crippen LogP contribution in [0.5, 0.6) is 0 Å². The third-order valence-corrected chi connectivity index (χ3v) is 3.66. The van der Waals surface area contributed by atoms with Crippen molar-refractivity contribution in [1.29, 1.82) is 0 Å². The van der Waals surface area contributed by atoms with Gasteiger partial charge in [-0.05, 0) is 42.5 Å². The van der Waals surface area contributed by atoms with Gasteiger partial charge in [-0.3, -0.25) is 9.78 Å². The molecule has 0 aliphatic rings. The molecule has 0 aliphatic heterocycles. The summed E-state index contributed by atoms with van der Waals surface area (Å²) in [6.07, 6.45) is -1.39. The number of halogens is 3. The number of anilines is 2. The predicted octanol–water partition coefficient (Wildman–Crippen LogP) is 4.17. The topological polar surface area (TPSA) is 66.9 Å². The molecule has 0 fully saturated rings. The number of nitrogens with one attached hydrogen (secondary N) is 2. The average molecular weight is 372 g/mol. The molecule has 0 saturated heterocycles. The lowest BCUT2D eigenvalue weighted by atomic mass is 10.2. The number of nitrogens with zero attached hydrogens (tertiary/aromatic N) is 2. The van der Waals surface area contributed by atoms with E-state index in [0.717, 1.165) is 12.1 Å². The van der Waals surface area contributed by atoms with Crippen molar-refractivity contribution in [2.45, 2.75) is 12.7 Å². The molecule has 2 N–H and O–H groups in total. The summed E-state index contributed by atoms with van der Waals surface area (Å²) in [5.41, 5.74) is 0.292. The number of carbonyl (C=O) groups excluding carboxylic acids is 1. The second kappa shape index (κ2) is 7.86. The molecule has 8 heteroatoms. The standard InChI is InChI=1S/C19H15F3N4O/c20-19(21,22)13-5-3-7-14(11-13)26-17-16(8-4-10-24-17)18(27)25-12-15-6-1-2-9-23-15/h1-11H,12H2,(H,24,26)(H,25,27). The van der Waals surface area contributed by atoms with Crippen LogP contribution >= 0.6 is 0 Å². The Morgan fingerprint density at radius 2 is 1.78 bits per heavy atom. The van der Waals surface area contributed by atoms with Crippen LogP contribution in [0.3, 0.4) is 0 Å². The highest BCUT2D eigenvalue weighted by molar-refractivity contribution is 5.99. The van der Waals surface area contributed by atoms with Crippen LogP contribution in [0.1, 0.15) is 21.6 Å². The fourth-order valence-corrected chi connectivity index (χ4v) is 2.37. The molecular formula is C19H15F3N4O. The van der Waals surface area contributed by atoms with E-state index < -0.39 is 17.6 Å². The van der Waals surface area contributed by atoms with Crippen molar-refractivity contribution >= 4 is 17.4 Å². The lowest BCUT2D eigenvalue weighted by Crippen LogP contribution is -2.24. The van der Waals surface area contributed by atoms with E-state index in [1.165, 1.54) is 24.4 Å². The van der Waals surface area contributed by atoms with Gasteiger partial charge in [0.2, 0.25) is 0 Å². The number of carbonyl (C=O) groups is 1. The third kappa shape index (κ3) is 4.81. The normalized spacial score (nSPS) is 11.1. The Hall–Kier alpha value is -3.42. The Kier molecular flexibility index (Phi) is 5.35. The van der Waals surface area contributed by atoms with Gasteiger partial charge in [0.25, 0.3) is 5.91 Å². The summed E-state index contributed by atoms with van der Waals surface area (Å²) in [7, 11) is 0. The Labute approximate surface area is 153 Å². The summed E-state index contributed by atoms with van der Waals surface area (Å²) in [6, 6.07) is 13.2. The number of aromatic nitrogens is 2. The molecule has 0 aliphatic carbocycles. The van der Waals surface area contributed by atoms with E-state index in [2.05, 4.69) is 20.6 Å². The Morgan fingerprint density at radius 3 is 2.52 bits per heavy atom. The van der Waals surface area contributed by atoms with E-state index in [0.29, 0.717) is 5.69 Å². The molecule has 27 heavy (non-hydrogen) atoms. The quantitative estimate of drug-likeness (QED) is 0.706. The van der Waals surface area contributed by atoms with Crippen LogP contribution in [0.15, 0.2) is 67.0 Å². The molecule has 1 aromatic carbocycles. The average Bonchev–Trinajstić information content (AvgIpc) is 2.67. The third-order valence-electron chi connectivity index (χ3n) is 3.66. The monoisotopic (exact) mass is 372 g/mol. The van der Waals surface area contributed by atoms with Gasteiger partial charge in [0, 0.05) is 18.1 Å². The van der Waals surface area contributed by atoms with E-state index in [9.17, 15) is 18.0 Å². The van der Waals surface area contributed by atoms with Gasteiger partial charge in [0.15, 0.2) is 0 Å². The first-order chi connectivity index (χ1) is 12.9. The minimum Gasteiger partial charge on any atom is -0.346 e. The first-order valence-electron chi connectivity index (χ1n) is 8.01. The fraction of sp³-hybridized carbons (Fsp3) is 0.105. The van der Waals surface area contributed by atoms with Gasteiger partial charge in [0.05, 0.1) is 23.4 Å². The van der Waals surface area contributed by atoms with Crippen LogP contribution in [-0.2, 0) is 12.7 Å². The maximum Gasteiger partial charge on any atom is 0.416 e. The molecule has 138 valence electrons. The SMILES string of the molecule is O=C(NCc1ccccn1)c1cccnc1Nc1cccc(C(F)(F)F)c1. The zero-order valence-electron chi connectivity index (χ0n) is 14.0. The maximum absolute atomic E-state index is 12.9. The molecule has 1 amide bonds. The fourth-order valence-electron chi connectivity index (χ4n) is 2.37. The number of benzene rings is 1. The highest BCUT2D eigenvalue weighted by atomic mass is 19.4. The molecule has 0 radical (unpaired) electrons. The van der Waals surface area contributed by atoms with Gasteiger partial charge < -0.3 is 10.6 Å². The minimum absolute atomic E-state index is 0.162. The molecule has 0 spiro atoms. The number of pyridine rings is 2. The Balaban J connectivity index is 1.77. The van der Waals surface area contributed by atoms with E-state index in [1.54, 1.807) is 30.5 Å². The van der Waals surface area contributed by atoms with Gasteiger partial charge in [-0.25, -0.2) is 4.98 Å². The number of hydrogen-bond acceptors (Lipinski definition) is 4. The van der Waals surface area contributed by atoms with Crippen molar-refractivity contribution < 1.29 is 18.0 Å². The van der Waals surface area contributed by atoms with Crippen LogP contribution in [0.4, 0.5) is 24.7 Å². The lowest BCUT2D eigenvalue weighted by molar-refractivity contribution is -0.137. The van der Waals surface area contributed by atoms with Crippen molar-refractivity contribution in [3.05, 3.63) is 83.8 Å². The number of amides is 1. The molecule has 3 rings (SSSR count). The highest BCUT2D eigenvalue weighted by Crippen LogP contribution is 2.31. The second-order valence-corrected chi connectivity index (χ2v) is 5.61. The Bertz CT molecular complexity index is 929. The zero-order valence-corrected chi connectivity index (χ0v) is 14.0. The Morgan fingerprint density at radius 1 is 0.963 bits per heavy atom. The van der Waals surface area contributed by atoms with Crippen LogP contribution in [0.25, 0.3) is 0 Å². The number of rotatable bonds is 5. The molecule has 2 heterocycles. The van der Waals surface area contributed by atoms with Gasteiger partial charge in [-0.15, -0.1) is 0 Å². The summed E-state index contributed by atoms with van der Waals surface area (Å²) in [4.78, 5) is 20.6. The molecule has 0 saturated carbocycles. The molecular weight excluding hydrogens is 357 g/mol. The van der Waals surface area contributed by atoms with Crippen LogP contribution in [0.2, 0.25) is 0 Å².